The van der Waals surface area contributed by atoms with Crippen molar-refractivity contribution in [1.29, 1.82) is 0 Å². The van der Waals surface area contributed by atoms with Crippen molar-refractivity contribution in [3.05, 3.63) is 30.3 Å². The summed E-state index contributed by atoms with van der Waals surface area (Å²) < 4.78 is 5.53. The molecule has 0 aliphatic heterocycles. The van der Waals surface area contributed by atoms with Gasteiger partial charge < -0.3 is 4.74 Å². The van der Waals surface area contributed by atoms with Crippen molar-refractivity contribution < 1.29 is 4.74 Å². The molecule has 0 aliphatic rings. The molecule has 17 heavy (non-hydrogen) atoms. The fourth-order valence-corrected chi connectivity index (χ4v) is 2.80. The standard InChI is InChI=1S/C15H24OS/c1-3-4-5-7-10-14(16-2)13-17-15-11-8-6-9-12-15/h6,8-9,11-12,14H,3-5,7,10,13H2,1-2H3/t14-/m1/s1. The minimum atomic E-state index is 0.400. The van der Waals surface area contributed by atoms with Crippen LogP contribution in [0.15, 0.2) is 35.2 Å². The Bertz CT molecular complexity index is 274. The summed E-state index contributed by atoms with van der Waals surface area (Å²) in [5.41, 5.74) is 0. The third kappa shape index (κ3) is 6.75. The SMILES string of the molecule is CCCCCC[C@H](CSc1ccccc1)OC. The molecule has 0 N–H and O–H groups in total. The van der Waals surface area contributed by atoms with Crippen LogP contribution in [0.3, 0.4) is 0 Å². The van der Waals surface area contributed by atoms with Gasteiger partial charge in [-0.25, -0.2) is 0 Å². The number of rotatable bonds is 9. The van der Waals surface area contributed by atoms with Crippen molar-refractivity contribution in [1.82, 2.24) is 0 Å². The van der Waals surface area contributed by atoms with Crippen LogP contribution >= 0.6 is 11.8 Å². The summed E-state index contributed by atoms with van der Waals surface area (Å²) in [4.78, 5) is 1.34. The Kier molecular flexibility index (Phi) is 8.20. The number of benzene rings is 1. The van der Waals surface area contributed by atoms with Crippen LogP contribution < -0.4 is 0 Å². The summed E-state index contributed by atoms with van der Waals surface area (Å²) in [5, 5.41) is 0. The number of hydrogen-bond donors (Lipinski definition) is 0. The molecular formula is C15H24OS. The highest BCUT2D eigenvalue weighted by Crippen LogP contribution is 2.20. The normalized spacial score (nSPS) is 12.6. The van der Waals surface area contributed by atoms with Gasteiger partial charge in [-0.3, -0.25) is 0 Å². The summed E-state index contributed by atoms with van der Waals surface area (Å²) in [6.45, 7) is 2.25. The van der Waals surface area contributed by atoms with Crippen LogP contribution in [0.1, 0.15) is 39.0 Å². The molecule has 1 aromatic rings. The van der Waals surface area contributed by atoms with Crippen LogP contribution in [0.5, 0.6) is 0 Å². The van der Waals surface area contributed by atoms with E-state index < -0.39 is 0 Å². The van der Waals surface area contributed by atoms with E-state index in [1.807, 2.05) is 18.9 Å². The van der Waals surface area contributed by atoms with Gasteiger partial charge in [-0.05, 0) is 18.6 Å². The highest BCUT2D eigenvalue weighted by Gasteiger charge is 2.07. The number of unbranched alkanes of at least 4 members (excludes halogenated alkanes) is 3. The van der Waals surface area contributed by atoms with Crippen molar-refractivity contribution in [2.75, 3.05) is 12.9 Å². The molecule has 0 unspecified atom stereocenters. The summed E-state index contributed by atoms with van der Waals surface area (Å²) >= 11 is 1.89. The third-order valence-electron chi connectivity index (χ3n) is 2.89. The average Bonchev–Trinajstić information content (AvgIpc) is 2.39. The zero-order valence-corrected chi connectivity index (χ0v) is 11.8. The van der Waals surface area contributed by atoms with Gasteiger partial charge in [-0.1, -0.05) is 50.8 Å². The highest BCUT2D eigenvalue weighted by molar-refractivity contribution is 7.99. The summed E-state index contributed by atoms with van der Waals surface area (Å²) in [5.74, 6) is 1.06. The van der Waals surface area contributed by atoms with Crippen LogP contribution in [0.25, 0.3) is 0 Å². The molecule has 2 heteroatoms. The van der Waals surface area contributed by atoms with Gasteiger partial charge in [0.2, 0.25) is 0 Å². The van der Waals surface area contributed by atoms with Crippen LogP contribution in [0.2, 0.25) is 0 Å². The molecule has 0 aliphatic carbocycles. The lowest BCUT2D eigenvalue weighted by atomic mass is 10.1. The van der Waals surface area contributed by atoms with Crippen LogP contribution in [0.4, 0.5) is 0 Å². The molecule has 0 amide bonds. The maximum Gasteiger partial charge on any atom is 0.0665 e. The molecule has 0 fully saturated rings. The minimum absolute atomic E-state index is 0.400. The molecule has 1 atom stereocenters. The van der Waals surface area contributed by atoms with Crippen LogP contribution in [0, 0.1) is 0 Å². The quantitative estimate of drug-likeness (QED) is 0.463. The van der Waals surface area contributed by atoms with E-state index in [4.69, 9.17) is 4.74 Å². The van der Waals surface area contributed by atoms with E-state index >= 15 is 0 Å². The molecule has 1 rings (SSSR count). The predicted molar refractivity (Wildman–Crippen MR) is 76.7 cm³/mol. The Morgan fingerprint density at radius 2 is 1.88 bits per heavy atom. The average molecular weight is 252 g/mol. The maximum atomic E-state index is 5.53. The summed E-state index contributed by atoms with van der Waals surface area (Å²) in [6, 6.07) is 10.6. The smallest absolute Gasteiger partial charge is 0.0665 e. The van der Waals surface area contributed by atoms with Crippen molar-refractivity contribution in [2.45, 2.75) is 50.0 Å². The Hall–Kier alpha value is -0.470. The molecule has 96 valence electrons. The summed E-state index contributed by atoms with van der Waals surface area (Å²) in [6.07, 6.45) is 6.88. The molecule has 0 heterocycles. The van der Waals surface area contributed by atoms with E-state index in [1.54, 1.807) is 0 Å². The topological polar surface area (TPSA) is 9.23 Å². The first-order valence-corrected chi connectivity index (χ1v) is 7.56. The third-order valence-corrected chi connectivity index (χ3v) is 4.04. The van der Waals surface area contributed by atoms with E-state index in [2.05, 4.69) is 37.3 Å². The molecule has 1 nitrogen and oxygen atoms in total. The molecule has 0 spiro atoms. The Morgan fingerprint density at radius 3 is 2.53 bits per heavy atom. The molecule has 0 radical (unpaired) electrons. The number of thioether (sulfide) groups is 1. The Morgan fingerprint density at radius 1 is 1.12 bits per heavy atom. The fourth-order valence-electron chi connectivity index (χ4n) is 1.77. The second-order valence-corrected chi connectivity index (χ2v) is 5.42. The second kappa shape index (κ2) is 9.55. The first kappa shape index (κ1) is 14.6. The Balaban J connectivity index is 2.18. The molecular weight excluding hydrogens is 228 g/mol. The Labute approximate surface area is 110 Å². The van der Waals surface area contributed by atoms with Crippen LogP contribution in [-0.2, 0) is 4.74 Å². The van der Waals surface area contributed by atoms with Crippen molar-refractivity contribution in [3.8, 4) is 0 Å². The van der Waals surface area contributed by atoms with Crippen LogP contribution in [-0.4, -0.2) is 19.0 Å². The first-order valence-electron chi connectivity index (χ1n) is 6.57. The van der Waals surface area contributed by atoms with Gasteiger partial charge in [-0.15, -0.1) is 11.8 Å². The van der Waals surface area contributed by atoms with E-state index in [-0.39, 0.29) is 0 Å². The van der Waals surface area contributed by atoms with Crippen molar-refractivity contribution in [3.63, 3.8) is 0 Å². The summed E-state index contributed by atoms with van der Waals surface area (Å²) in [7, 11) is 1.83. The lowest BCUT2D eigenvalue weighted by Gasteiger charge is -2.14. The fraction of sp³-hybridized carbons (Fsp3) is 0.600. The second-order valence-electron chi connectivity index (χ2n) is 4.33. The maximum absolute atomic E-state index is 5.53. The van der Waals surface area contributed by atoms with Gasteiger partial charge in [0, 0.05) is 17.8 Å². The molecule has 0 bridgehead atoms. The molecule has 0 saturated heterocycles. The number of ether oxygens (including phenoxy) is 1. The van der Waals surface area contributed by atoms with Gasteiger partial charge >= 0.3 is 0 Å². The minimum Gasteiger partial charge on any atom is -0.381 e. The van der Waals surface area contributed by atoms with Crippen molar-refractivity contribution in [2.24, 2.45) is 0 Å². The van der Waals surface area contributed by atoms with Gasteiger partial charge in [0.15, 0.2) is 0 Å². The number of methoxy groups -OCH3 is 1. The van der Waals surface area contributed by atoms with Gasteiger partial charge in [0.25, 0.3) is 0 Å². The molecule has 0 aromatic heterocycles. The molecule has 0 saturated carbocycles. The lowest BCUT2D eigenvalue weighted by molar-refractivity contribution is 0.112. The van der Waals surface area contributed by atoms with E-state index in [9.17, 15) is 0 Å². The van der Waals surface area contributed by atoms with E-state index in [1.165, 1.54) is 37.0 Å². The van der Waals surface area contributed by atoms with Gasteiger partial charge in [-0.2, -0.15) is 0 Å². The van der Waals surface area contributed by atoms with Gasteiger partial charge in [0.1, 0.15) is 0 Å². The zero-order chi connectivity index (χ0) is 12.3. The lowest BCUT2D eigenvalue weighted by Crippen LogP contribution is -2.13. The van der Waals surface area contributed by atoms with E-state index in [0.29, 0.717) is 6.10 Å². The van der Waals surface area contributed by atoms with Gasteiger partial charge in [0.05, 0.1) is 6.10 Å². The van der Waals surface area contributed by atoms with E-state index in [0.717, 1.165) is 5.75 Å². The largest absolute Gasteiger partial charge is 0.381 e. The zero-order valence-electron chi connectivity index (χ0n) is 11.0. The first-order chi connectivity index (χ1) is 8.36. The monoisotopic (exact) mass is 252 g/mol. The number of hydrogen-bond acceptors (Lipinski definition) is 2. The predicted octanol–water partition coefficient (Wildman–Crippen LogP) is 4.76. The highest BCUT2D eigenvalue weighted by atomic mass is 32.2. The molecule has 1 aromatic carbocycles. The van der Waals surface area contributed by atoms with Crippen molar-refractivity contribution >= 4 is 11.8 Å².